The van der Waals surface area contributed by atoms with Crippen LogP contribution >= 0.6 is 0 Å². The monoisotopic (exact) mass is 1620 g/mol. The van der Waals surface area contributed by atoms with Crippen molar-refractivity contribution in [1.29, 1.82) is 0 Å². The van der Waals surface area contributed by atoms with E-state index in [9.17, 15) is 0 Å². The first-order chi connectivity index (χ1) is 56.0. The highest BCUT2D eigenvalue weighted by Crippen LogP contribution is 2.43. The number of benzene rings is 15. The fourth-order valence-electron chi connectivity index (χ4n) is 18.7. The summed E-state index contributed by atoms with van der Waals surface area (Å²) in [5, 5.41) is 5.25. The van der Waals surface area contributed by atoms with Crippen LogP contribution in [0.3, 0.4) is 0 Å². The Morgan fingerprint density at radius 2 is 0.520 bits per heavy atom. The van der Waals surface area contributed by atoms with E-state index in [0.717, 1.165) is 25.7 Å². The summed E-state index contributed by atoms with van der Waals surface area (Å²) < 4.78 is 4.71. The minimum absolute atomic E-state index is 0. The number of hydrogen-bond acceptors (Lipinski definition) is 0. The van der Waals surface area contributed by atoms with Crippen molar-refractivity contribution >= 4 is 80.0 Å². The highest BCUT2D eigenvalue weighted by molar-refractivity contribution is 6.69. The molecule has 0 N–H and O–H groups in total. The SMILES string of the molecule is C.C.C.C.C.C.C.C.CCC(CC(C)c1ccc(-c2cc(C)c([B]c3c(C)cc(-c4ccccc4)cc3C)c(C)c2)cc1)c1ccc(-c2cccc3c2c2ccccc2n3-c2ccccc2)cc1.CCC(CC(C)c1ccc(-c2cc(C)c([B]c3c(C)cc(-c4ccccc4)cc3C)c(C)c2)cc1)c1ccc(-c2cccc3c2c2ccccc2n3C)cc1. The quantitative estimate of drug-likeness (QED) is 0.0635. The summed E-state index contributed by atoms with van der Waals surface area (Å²) in [5.41, 5.74) is 42.9. The molecule has 17 aromatic rings. The molecular weight excluding hydrogens is 1480 g/mol. The van der Waals surface area contributed by atoms with Gasteiger partial charge in [0, 0.05) is 45.3 Å². The molecule has 0 aliphatic carbocycles. The number of nitrogens with zero attached hydrogens (tertiary/aromatic N) is 2. The van der Waals surface area contributed by atoms with E-state index in [2.05, 4.69) is 435 Å². The fourth-order valence-corrected chi connectivity index (χ4v) is 18.7. The Hall–Kier alpha value is -12.0. The van der Waals surface area contributed by atoms with E-state index in [0.29, 0.717) is 23.7 Å². The van der Waals surface area contributed by atoms with E-state index in [1.165, 1.54) is 205 Å². The number of hydrogen-bond donors (Lipinski definition) is 0. The Balaban J connectivity index is 0.000000288. The summed E-state index contributed by atoms with van der Waals surface area (Å²) in [4.78, 5) is 0. The molecule has 0 aliphatic rings. The van der Waals surface area contributed by atoms with Crippen LogP contribution in [0.2, 0.25) is 0 Å². The standard InChI is InChI=1S/C58H53BN.C53H51BN.8CH4/c1-7-43(46-29-31-48(32-30-46)52-22-16-24-55-56(52)53-21-14-15-23-54(53)60(55)51-19-12-9-13-20-51)33-38(2)44-25-27-47(28-26-44)50-36-41(5)58(42(6)37-50)59-57-39(3)34-49(35-40(57)4)45-17-10-8-11-18-45;1-8-39(42-25-27-44(28-26-42)47-18-14-20-50-51(47)48-17-12-13-19-49(48)55(50)7)29-34(2)40-21-23-43(24-22-40)46-32-37(5)53(38(6)33-46)54-52-35(3)30-45(31-36(52)4)41-15-10-9-11-16-41;;;;;;;;/h8-32,34-38,43H,7,33H2,1-6H3;9-28,30-34,39H,8,29H2,1-7H3;8*1H4. The first-order valence-corrected chi connectivity index (χ1v) is 41.7. The molecule has 15 aromatic carbocycles. The van der Waals surface area contributed by atoms with Gasteiger partial charge >= 0.3 is 0 Å². The molecular formula is C119H136B2N2. The maximum atomic E-state index is 2.40. The van der Waals surface area contributed by atoms with Gasteiger partial charge in [-0.05, 0) is 230 Å². The van der Waals surface area contributed by atoms with Crippen molar-refractivity contribution in [2.45, 2.75) is 192 Å². The first-order valence-electron chi connectivity index (χ1n) is 41.7. The molecule has 2 radical (unpaired) electrons. The third kappa shape index (κ3) is 19.9. The average Bonchev–Trinajstić information content (AvgIpc) is 1.59. The van der Waals surface area contributed by atoms with Crippen LogP contribution in [0.5, 0.6) is 0 Å². The molecule has 17 rings (SSSR count). The third-order valence-corrected chi connectivity index (χ3v) is 25.1. The van der Waals surface area contributed by atoms with Crippen molar-refractivity contribution < 1.29 is 0 Å². The van der Waals surface area contributed by atoms with Gasteiger partial charge in [-0.1, -0.05) is 439 Å². The van der Waals surface area contributed by atoms with E-state index in [-0.39, 0.29) is 59.4 Å². The maximum Gasteiger partial charge on any atom is 0.192 e. The Kier molecular flexibility index (Phi) is 33.1. The second kappa shape index (κ2) is 42.2. The molecule has 2 heterocycles. The summed E-state index contributed by atoms with van der Waals surface area (Å²) in [7, 11) is 6.95. The minimum atomic E-state index is 0. The van der Waals surface area contributed by atoms with Crippen LogP contribution in [-0.2, 0) is 7.05 Å². The van der Waals surface area contributed by atoms with Gasteiger partial charge in [0.15, 0.2) is 14.6 Å². The lowest BCUT2D eigenvalue weighted by Gasteiger charge is -2.21. The molecule has 123 heavy (non-hydrogen) atoms. The van der Waals surface area contributed by atoms with Crippen molar-refractivity contribution in [3.05, 3.63) is 388 Å². The zero-order valence-corrected chi connectivity index (χ0v) is 69.3. The van der Waals surface area contributed by atoms with E-state index in [1.54, 1.807) is 0 Å². The van der Waals surface area contributed by atoms with Crippen LogP contribution in [0.25, 0.3) is 116 Å². The predicted octanol–water partition coefficient (Wildman–Crippen LogP) is 32.4. The van der Waals surface area contributed by atoms with Crippen LogP contribution in [0.15, 0.2) is 322 Å². The van der Waals surface area contributed by atoms with Crippen molar-refractivity contribution in [1.82, 2.24) is 9.13 Å². The van der Waals surface area contributed by atoms with Crippen molar-refractivity contribution in [3.8, 4) is 72.4 Å². The lowest BCUT2D eigenvalue weighted by atomic mass is 9.58. The van der Waals surface area contributed by atoms with E-state index in [4.69, 9.17) is 0 Å². The van der Waals surface area contributed by atoms with Gasteiger partial charge in [-0.25, -0.2) is 0 Å². The van der Waals surface area contributed by atoms with E-state index in [1.807, 2.05) is 0 Å². The Labute approximate surface area is 743 Å². The summed E-state index contributed by atoms with van der Waals surface area (Å²) in [6.07, 6.45) is 4.48. The molecule has 0 bridgehead atoms. The summed E-state index contributed by atoms with van der Waals surface area (Å²) in [6, 6.07) is 119. The first kappa shape index (κ1) is 96.5. The molecule has 2 aromatic heterocycles. The van der Waals surface area contributed by atoms with E-state index < -0.39 is 0 Å². The average molecular weight is 1620 g/mol. The van der Waals surface area contributed by atoms with Gasteiger partial charge < -0.3 is 9.13 Å². The molecule has 0 fully saturated rings. The van der Waals surface area contributed by atoms with E-state index >= 15 is 0 Å². The van der Waals surface area contributed by atoms with Gasteiger partial charge in [-0.3, -0.25) is 0 Å². The third-order valence-electron chi connectivity index (χ3n) is 25.1. The van der Waals surface area contributed by atoms with Gasteiger partial charge in [0.05, 0.1) is 11.0 Å². The molecule has 0 aliphatic heterocycles. The van der Waals surface area contributed by atoms with Crippen LogP contribution in [0.1, 0.15) is 203 Å². The van der Waals surface area contributed by atoms with Gasteiger partial charge in [-0.15, -0.1) is 0 Å². The molecule has 4 unspecified atom stereocenters. The molecule has 628 valence electrons. The second-order valence-corrected chi connectivity index (χ2v) is 32.8. The smallest absolute Gasteiger partial charge is 0.192 e. The number of fused-ring (bicyclic) bond motifs is 6. The summed E-state index contributed by atoms with van der Waals surface area (Å²) in [6.45, 7) is 27.4. The van der Waals surface area contributed by atoms with Crippen LogP contribution in [-0.4, -0.2) is 23.7 Å². The molecule has 4 atom stereocenters. The van der Waals surface area contributed by atoms with Crippen molar-refractivity contribution in [2.24, 2.45) is 7.05 Å². The predicted molar refractivity (Wildman–Crippen MR) is 554 cm³/mol. The number of aromatic nitrogens is 2. The summed E-state index contributed by atoms with van der Waals surface area (Å²) >= 11 is 0. The summed E-state index contributed by atoms with van der Waals surface area (Å²) in [5.74, 6) is 1.90. The number of aryl methyl sites for hydroxylation is 9. The molecule has 0 saturated heterocycles. The van der Waals surface area contributed by atoms with Gasteiger partial charge in [0.2, 0.25) is 0 Å². The number of rotatable bonds is 21. The lowest BCUT2D eigenvalue weighted by molar-refractivity contribution is 0.544. The Morgan fingerprint density at radius 1 is 0.252 bits per heavy atom. The Bertz CT molecular complexity index is 6250. The zero-order valence-electron chi connectivity index (χ0n) is 69.3. The molecule has 2 nitrogen and oxygen atoms in total. The minimum Gasteiger partial charge on any atom is -0.344 e. The lowest BCUT2D eigenvalue weighted by Crippen LogP contribution is -2.34. The van der Waals surface area contributed by atoms with Crippen LogP contribution in [0, 0.1) is 55.4 Å². The molecule has 0 spiro atoms. The zero-order chi connectivity index (χ0) is 79.5. The fraction of sp³-hybridized carbons (Fsp3) is 0.244. The molecule has 4 heteroatoms. The van der Waals surface area contributed by atoms with Gasteiger partial charge in [0.25, 0.3) is 0 Å². The van der Waals surface area contributed by atoms with Crippen molar-refractivity contribution in [2.75, 3.05) is 0 Å². The molecule has 0 saturated carbocycles. The number of para-hydroxylation sites is 3. The maximum absolute atomic E-state index is 2.40. The highest BCUT2D eigenvalue weighted by Gasteiger charge is 2.23. The van der Waals surface area contributed by atoms with Gasteiger partial charge in [0.1, 0.15) is 0 Å². The topological polar surface area (TPSA) is 9.86 Å². The second-order valence-electron chi connectivity index (χ2n) is 32.8. The van der Waals surface area contributed by atoms with Crippen LogP contribution < -0.4 is 21.9 Å². The normalized spacial score (nSPS) is 11.7. The highest BCUT2D eigenvalue weighted by atomic mass is 15.0. The van der Waals surface area contributed by atoms with Gasteiger partial charge in [-0.2, -0.15) is 0 Å². The molecule has 0 amide bonds. The van der Waals surface area contributed by atoms with Crippen LogP contribution in [0.4, 0.5) is 0 Å². The van der Waals surface area contributed by atoms with Crippen molar-refractivity contribution in [3.63, 3.8) is 0 Å². The Morgan fingerprint density at radius 3 is 0.870 bits per heavy atom. The largest absolute Gasteiger partial charge is 0.344 e.